The van der Waals surface area contributed by atoms with Crippen LogP contribution < -0.4 is 5.32 Å². The van der Waals surface area contributed by atoms with Crippen molar-refractivity contribution in [2.24, 2.45) is 0 Å². The minimum absolute atomic E-state index is 0.228. The van der Waals surface area contributed by atoms with Gasteiger partial charge in [0.05, 0.1) is 6.54 Å². The maximum Gasteiger partial charge on any atom is 0.271 e. The number of likely N-dealkylation sites (N-methyl/N-ethyl adjacent to an activating group) is 1. The molecule has 5 nitrogen and oxygen atoms in total. The van der Waals surface area contributed by atoms with Crippen molar-refractivity contribution in [1.82, 2.24) is 19.8 Å². The third kappa shape index (κ3) is 3.17. The van der Waals surface area contributed by atoms with Crippen molar-refractivity contribution in [2.45, 2.75) is 26.6 Å². The van der Waals surface area contributed by atoms with Crippen LogP contribution in [0, 0.1) is 5.82 Å². The molecule has 0 spiro atoms. The first kappa shape index (κ1) is 14.7. The van der Waals surface area contributed by atoms with Gasteiger partial charge in [0.25, 0.3) is 5.91 Å². The molecule has 2 aromatic rings. The van der Waals surface area contributed by atoms with Gasteiger partial charge in [0.1, 0.15) is 17.3 Å². The van der Waals surface area contributed by atoms with Gasteiger partial charge in [-0.15, -0.1) is 0 Å². The molecule has 1 aliphatic heterocycles. The molecule has 1 aromatic heterocycles. The van der Waals surface area contributed by atoms with Crippen LogP contribution in [0.25, 0.3) is 0 Å². The Morgan fingerprint density at radius 3 is 3.05 bits per heavy atom. The lowest BCUT2D eigenvalue weighted by Gasteiger charge is -2.25. The summed E-state index contributed by atoms with van der Waals surface area (Å²) in [5, 5.41) is 2.78. The Balaban J connectivity index is 1.65. The summed E-state index contributed by atoms with van der Waals surface area (Å²) in [6, 6.07) is 6.21. The fraction of sp³-hybridized carbons (Fsp3) is 0.375. The summed E-state index contributed by atoms with van der Waals surface area (Å²) in [6.07, 6.45) is 1.79. The zero-order valence-electron chi connectivity index (χ0n) is 12.6. The van der Waals surface area contributed by atoms with Crippen molar-refractivity contribution >= 4 is 5.91 Å². The number of hydrogen-bond donors (Lipinski definition) is 1. The van der Waals surface area contributed by atoms with E-state index in [0.29, 0.717) is 12.2 Å². The number of nitrogens with zero attached hydrogens (tertiary/aromatic N) is 3. The second-order valence-electron chi connectivity index (χ2n) is 5.42. The van der Waals surface area contributed by atoms with Gasteiger partial charge in [0.15, 0.2) is 0 Å². The van der Waals surface area contributed by atoms with Gasteiger partial charge in [-0.05, 0) is 24.2 Å². The first-order valence-corrected chi connectivity index (χ1v) is 7.46. The topological polar surface area (TPSA) is 50.2 Å². The Labute approximate surface area is 128 Å². The van der Waals surface area contributed by atoms with E-state index in [2.05, 4.69) is 22.1 Å². The Hall–Kier alpha value is -2.21. The van der Waals surface area contributed by atoms with Crippen LogP contribution in [0.4, 0.5) is 4.39 Å². The smallest absolute Gasteiger partial charge is 0.271 e. The molecule has 0 aliphatic carbocycles. The van der Waals surface area contributed by atoms with E-state index >= 15 is 0 Å². The molecule has 1 aliphatic rings. The summed E-state index contributed by atoms with van der Waals surface area (Å²) in [5.74, 6) is 0.391. The van der Waals surface area contributed by atoms with Gasteiger partial charge < -0.3 is 9.88 Å². The molecule has 1 aromatic carbocycles. The van der Waals surface area contributed by atoms with Crippen molar-refractivity contribution in [2.75, 3.05) is 13.1 Å². The van der Waals surface area contributed by atoms with E-state index in [0.717, 1.165) is 37.6 Å². The molecule has 0 fully saturated rings. The van der Waals surface area contributed by atoms with Gasteiger partial charge in [0, 0.05) is 25.8 Å². The molecule has 0 bridgehead atoms. The molecule has 2 heterocycles. The lowest BCUT2D eigenvalue weighted by Crippen LogP contribution is -2.33. The number of fused-ring (bicyclic) bond motifs is 1. The predicted molar refractivity (Wildman–Crippen MR) is 80.7 cm³/mol. The fourth-order valence-corrected chi connectivity index (χ4v) is 2.60. The lowest BCUT2D eigenvalue weighted by molar-refractivity contribution is 0.0946. The quantitative estimate of drug-likeness (QED) is 0.937. The van der Waals surface area contributed by atoms with Gasteiger partial charge in [-0.25, -0.2) is 9.37 Å². The van der Waals surface area contributed by atoms with Crippen LogP contribution in [0.3, 0.4) is 0 Å². The summed E-state index contributed by atoms with van der Waals surface area (Å²) in [6.45, 7) is 5.99. The highest BCUT2D eigenvalue weighted by molar-refractivity contribution is 5.92. The van der Waals surface area contributed by atoms with E-state index in [-0.39, 0.29) is 11.7 Å². The minimum atomic E-state index is -0.302. The molecule has 0 atom stereocenters. The highest BCUT2D eigenvalue weighted by Gasteiger charge is 2.19. The van der Waals surface area contributed by atoms with Crippen molar-refractivity contribution in [3.05, 3.63) is 53.4 Å². The molecule has 0 saturated carbocycles. The maximum absolute atomic E-state index is 13.1. The molecule has 1 N–H and O–H groups in total. The number of rotatable bonds is 4. The van der Waals surface area contributed by atoms with Gasteiger partial charge in [-0.3, -0.25) is 9.69 Å². The third-order valence-electron chi connectivity index (χ3n) is 3.90. The monoisotopic (exact) mass is 302 g/mol. The summed E-state index contributed by atoms with van der Waals surface area (Å²) >= 11 is 0. The highest BCUT2D eigenvalue weighted by atomic mass is 19.1. The minimum Gasteiger partial charge on any atom is -0.347 e. The van der Waals surface area contributed by atoms with E-state index in [9.17, 15) is 9.18 Å². The zero-order valence-corrected chi connectivity index (χ0v) is 12.6. The van der Waals surface area contributed by atoms with E-state index in [1.165, 1.54) is 12.1 Å². The van der Waals surface area contributed by atoms with E-state index < -0.39 is 0 Å². The van der Waals surface area contributed by atoms with E-state index in [1.807, 2.05) is 4.57 Å². The van der Waals surface area contributed by atoms with Crippen molar-refractivity contribution < 1.29 is 9.18 Å². The Morgan fingerprint density at radius 1 is 1.41 bits per heavy atom. The van der Waals surface area contributed by atoms with E-state index in [4.69, 9.17) is 0 Å². The third-order valence-corrected chi connectivity index (χ3v) is 3.90. The van der Waals surface area contributed by atoms with Gasteiger partial charge in [-0.2, -0.15) is 0 Å². The molecule has 3 rings (SSSR count). The van der Waals surface area contributed by atoms with Crippen LogP contribution in [0.2, 0.25) is 0 Å². The van der Waals surface area contributed by atoms with Crippen molar-refractivity contribution in [1.29, 1.82) is 0 Å². The Bertz CT molecular complexity index is 683. The first-order chi connectivity index (χ1) is 10.7. The fourth-order valence-electron chi connectivity index (χ4n) is 2.60. The second kappa shape index (κ2) is 6.27. The number of halogens is 1. The Kier molecular flexibility index (Phi) is 4.20. The standard InChI is InChI=1S/C16H19FN4O/c1-2-20-6-7-21-10-14(19-15(21)11-20)16(22)18-9-12-4-3-5-13(17)8-12/h3-5,8,10H,2,6-7,9,11H2,1H3,(H,18,22). The highest BCUT2D eigenvalue weighted by Crippen LogP contribution is 2.12. The summed E-state index contributed by atoms with van der Waals surface area (Å²) < 4.78 is 15.1. The molecule has 0 saturated heterocycles. The summed E-state index contributed by atoms with van der Waals surface area (Å²) in [5.41, 5.74) is 1.15. The number of imidazole rings is 1. The van der Waals surface area contributed by atoms with E-state index in [1.54, 1.807) is 18.3 Å². The predicted octanol–water partition coefficient (Wildman–Crippen LogP) is 1.79. The number of carbonyl (C=O) groups is 1. The SMILES string of the molecule is CCN1CCn2cc(C(=O)NCc3cccc(F)c3)nc2C1. The number of amides is 1. The maximum atomic E-state index is 13.1. The summed E-state index contributed by atoms with van der Waals surface area (Å²) in [7, 11) is 0. The molecular weight excluding hydrogens is 283 g/mol. The van der Waals surface area contributed by atoms with Crippen LogP contribution in [0.15, 0.2) is 30.5 Å². The van der Waals surface area contributed by atoms with Crippen LogP contribution in [0.5, 0.6) is 0 Å². The van der Waals surface area contributed by atoms with Crippen molar-refractivity contribution in [3.8, 4) is 0 Å². The molecule has 22 heavy (non-hydrogen) atoms. The van der Waals surface area contributed by atoms with Crippen LogP contribution >= 0.6 is 0 Å². The van der Waals surface area contributed by atoms with Gasteiger partial charge in [-0.1, -0.05) is 19.1 Å². The zero-order chi connectivity index (χ0) is 15.5. The second-order valence-corrected chi connectivity index (χ2v) is 5.42. The molecule has 0 radical (unpaired) electrons. The molecule has 116 valence electrons. The first-order valence-electron chi connectivity index (χ1n) is 7.46. The molecular formula is C16H19FN4O. The number of aromatic nitrogens is 2. The van der Waals surface area contributed by atoms with Crippen LogP contribution in [-0.4, -0.2) is 33.4 Å². The lowest BCUT2D eigenvalue weighted by atomic mass is 10.2. The summed E-state index contributed by atoms with van der Waals surface area (Å²) in [4.78, 5) is 18.9. The number of carbonyl (C=O) groups excluding carboxylic acids is 1. The van der Waals surface area contributed by atoms with Gasteiger partial charge in [0.2, 0.25) is 0 Å². The molecule has 1 amide bonds. The van der Waals surface area contributed by atoms with Gasteiger partial charge >= 0.3 is 0 Å². The Morgan fingerprint density at radius 2 is 2.27 bits per heavy atom. The average molecular weight is 302 g/mol. The molecule has 6 heteroatoms. The largest absolute Gasteiger partial charge is 0.347 e. The number of nitrogens with one attached hydrogen (secondary N) is 1. The number of hydrogen-bond acceptors (Lipinski definition) is 3. The van der Waals surface area contributed by atoms with Crippen LogP contribution in [-0.2, 0) is 19.6 Å². The number of benzene rings is 1. The average Bonchev–Trinajstić information content (AvgIpc) is 2.95. The van der Waals surface area contributed by atoms with Crippen LogP contribution in [0.1, 0.15) is 28.8 Å². The normalized spacial score (nSPS) is 14.6. The van der Waals surface area contributed by atoms with Crippen molar-refractivity contribution in [3.63, 3.8) is 0 Å². The molecule has 0 unspecified atom stereocenters.